The summed E-state index contributed by atoms with van der Waals surface area (Å²) in [7, 11) is 0. The summed E-state index contributed by atoms with van der Waals surface area (Å²) < 4.78 is 0. The van der Waals surface area contributed by atoms with E-state index >= 15 is 0 Å². The van der Waals surface area contributed by atoms with E-state index in [2.05, 4.69) is 60.7 Å². The highest BCUT2D eigenvalue weighted by molar-refractivity contribution is 4.93. The summed E-state index contributed by atoms with van der Waals surface area (Å²) in [6.45, 7) is 18.7. The van der Waals surface area contributed by atoms with Crippen molar-refractivity contribution in [1.29, 1.82) is 0 Å². The van der Waals surface area contributed by atoms with E-state index in [4.69, 9.17) is 0 Å². The third-order valence-corrected chi connectivity index (χ3v) is 4.55. The van der Waals surface area contributed by atoms with Crippen LogP contribution in [0, 0.1) is 11.8 Å². The van der Waals surface area contributed by atoms with Gasteiger partial charge in [-0.2, -0.15) is 0 Å². The maximum absolute atomic E-state index is 3.90. The lowest BCUT2D eigenvalue weighted by atomic mass is 9.79. The molecular formula is C16H35N. The fourth-order valence-electron chi connectivity index (χ4n) is 2.66. The Hall–Kier alpha value is -0.0400. The lowest BCUT2D eigenvalue weighted by Crippen LogP contribution is -2.57. The minimum atomic E-state index is 0.224. The molecule has 0 saturated heterocycles. The summed E-state index contributed by atoms with van der Waals surface area (Å²) in [6.07, 6.45) is 5.16. The number of rotatable bonds is 8. The van der Waals surface area contributed by atoms with E-state index in [1.807, 2.05) is 0 Å². The standard InChI is InChI=1S/C16H35N/c1-9-11-13(3)15(5,6)17-16(7,8)14(4)12-10-2/h13-14,17H,9-12H2,1-8H3. The third kappa shape index (κ3) is 5.42. The average molecular weight is 241 g/mol. The molecule has 17 heavy (non-hydrogen) atoms. The Balaban J connectivity index is 4.56. The molecule has 0 aromatic carbocycles. The van der Waals surface area contributed by atoms with Crippen molar-refractivity contribution < 1.29 is 0 Å². The maximum Gasteiger partial charge on any atom is 0.0155 e. The monoisotopic (exact) mass is 241 g/mol. The molecule has 0 amide bonds. The van der Waals surface area contributed by atoms with Gasteiger partial charge in [0.2, 0.25) is 0 Å². The molecule has 1 N–H and O–H groups in total. The minimum absolute atomic E-state index is 0.224. The molecule has 0 spiro atoms. The van der Waals surface area contributed by atoms with Crippen molar-refractivity contribution in [3.63, 3.8) is 0 Å². The van der Waals surface area contributed by atoms with Crippen molar-refractivity contribution in [2.75, 3.05) is 0 Å². The highest BCUT2D eigenvalue weighted by Crippen LogP contribution is 2.28. The van der Waals surface area contributed by atoms with E-state index in [1.54, 1.807) is 0 Å². The summed E-state index contributed by atoms with van der Waals surface area (Å²) in [5.41, 5.74) is 0.447. The Morgan fingerprint density at radius 1 is 0.765 bits per heavy atom. The molecule has 0 rings (SSSR count). The molecular weight excluding hydrogens is 206 g/mol. The SMILES string of the molecule is CCCC(C)C(C)(C)NC(C)(C)C(C)CCC. The van der Waals surface area contributed by atoms with Crippen LogP contribution in [0.25, 0.3) is 0 Å². The van der Waals surface area contributed by atoms with Crippen LogP contribution in [-0.4, -0.2) is 11.1 Å². The number of nitrogens with one attached hydrogen (secondary N) is 1. The Kier molecular flexibility index (Phi) is 6.76. The lowest BCUT2D eigenvalue weighted by Gasteiger charge is -2.44. The van der Waals surface area contributed by atoms with Gasteiger partial charge in [-0.25, -0.2) is 0 Å². The molecule has 2 unspecified atom stereocenters. The fraction of sp³-hybridized carbons (Fsp3) is 1.00. The second-order valence-corrected chi connectivity index (χ2v) is 6.95. The third-order valence-electron chi connectivity index (χ3n) is 4.55. The molecule has 0 fully saturated rings. The number of hydrogen-bond acceptors (Lipinski definition) is 1. The Morgan fingerprint density at radius 3 is 1.29 bits per heavy atom. The van der Waals surface area contributed by atoms with E-state index in [1.165, 1.54) is 25.7 Å². The van der Waals surface area contributed by atoms with Crippen molar-refractivity contribution in [1.82, 2.24) is 5.32 Å². The van der Waals surface area contributed by atoms with E-state index < -0.39 is 0 Å². The van der Waals surface area contributed by atoms with Crippen LogP contribution >= 0.6 is 0 Å². The van der Waals surface area contributed by atoms with Gasteiger partial charge in [0.25, 0.3) is 0 Å². The van der Waals surface area contributed by atoms with Gasteiger partial charge in [-0.3, -0.25) is 0 Å². The molecule has 1 heteroatoms. The van der Waals surface area contributed by atoms with E-state index in [9.17, 15) is 0 Å². The normalized spacial score (nSPS) is 16.9. The van der Waals surface area contributed by atoms with Gasteiger partial charge in [0.1, 0.15) is 0 Å². The fourth-order valence-corrected chi connectivity index (χ4v) is 2.66. The molecule has 0 heterocycles. The maximum atomic E-state index is 3.90. The first-order valence-corrected chi connectivity index (χ1v) is 7.46. The first kappa shape index (κ1) is 17.0. The second kappa shape index (κ2) is 6.78. The lowest BCUT2D eigenvalue weighted by molar-refractivity contribution is 0.145. The Morgan fingerprint density at radius 2 is 1.06 bits per heavy atom. The highest BCUT2D eigenvalue weighted by Gasteiger charge is 2.34. The van der Waals surface area contributed by atoms with Gasteiger partial charge in [-0.05, 0) is 52.4 Å². The molecule has 2 atom stereocenters. The summed E-state index contributed by atoms with van der Waals surface area (Å²) in [5, 5.41) is 3.90. The molecule has 1 nitrogen and oxygen atoms in total. The summed E-state index contributed by atoms with van der Waals surface area (Å²) in [5.74, 6) is 1.45. The van der Waals surface area contributed by atoms with Crippen LogP contribution in [0.3, 0.4) is 0 Å². The highest BCUT2D eigenvalue weighted by atomic mass is 15.0. The van der Waals surface area contributed by atoms with Crippen LogP contribution in [0.15, 0.2) is 0 Å². The molecule has 0 saturated carbocycles. The Bertz CT molecular complexity index is 184. The van der Waals surface area contributed by atoms with Gasteiger partial charge >= 0.3 is 0 Å². The van der Waals surface area contributed by atoms with Crippen LogP contribution in [0.5, 0.6) is 0 Å². The first-order chi connectivity index (χ1) is 7.67. The van der Waals surface area contributed by atoms with Crippen LogP contribution < -0.4 is 5.32 Å². The molecule has 0 bridgehead atoms. The van der Waals surface area contributed by atoms with Gasteiger partial charge in [-0.15, -0.1) is 0 Å². The zero-order valence-corrected chi connectivity index (χ0v) is 13.5. The molecule has 0 aromatic heterocycles. The summed E-state index contributed by atoms with van der Waals surface area (Å²) in [6, 6.07) is 0. The average Bonchev–Trinajstić information content (AvgIpc) is 2.16. The molecule has 104 valence electrons. The van der Waals surface area contributed by atoms with Gasteiger partial charge < -0.3 is 5.32 Å². The number of hydrogen-bond donors (Lipinski definition) is 1. The zero-order valence-electron chi connectivity index (χ0n) is 13.5. The molecule has 0 aliphatic heterocycles. The summed E-state index contributed by atoms with van der Waals surface area (Å²) >= 11 is 0. The smallest absolute Gasteiger partial charge is 0.0155 e. The van der Waals surface area contributed by atoms with Crippen molar-refractivity contribution in [3.05, 3.63) is 0 Å². The van der Waals surface area contributed by atoms with Crippen LogP contribution in [-0.2, 0) is 0 Å². The Labute approximate surface area is 110 Å². The second-order valence-electron chi connectivity index (χ2n) is 6.95. The molecule has 0 aromatic rings. The van der Waals surface area contributed by atoms with Gasteiger partial charge in [0.05, 0.1) is 0 Å². The summed E-state index contributed by atoms with van der Waals surface area (Å²) in [4.78, 5) is 0. The molecule has 0 aliphatic rings. The minimum Gasteiger partial charge on any atom is -0.306 e. The van der Waals surface area contributed by atoms with E-state index in [0.29, 0.717) is 0 Å². The largest absolute Gasteiger partial charge is 0.306 e. The van der Waals surface area contributed by atoms with Crippen molar-refractivity contribution in [2.45, 2.75) is 92.2 Å². The van der Waals surface area contributed by atoms with Crippen molar-refractivity contribution >= 4 is 0 Å². The van der Waals surface area contributed by atoms with Gasteiger partial charge in [0.15, 0.2) is 0 Å². The van der Waals surface area contributed by atoms with Crippen LogP contribution in [0.1, 0.15) is 81.1 Å². The van der Waals surface area contributed by atoms with Crippen molar-refractivity contribution in [3.8, 4) is 0 Å². The first-order valence-electron chi connectivity index (χ1n) is 7.46. The van der Waals surface area contributed by atoms with Crippen molar-refractivity contribution in [2.24, 2.45) is 11.8 Å². The van der Waals surface area contributed by atoms with Crippen LogP contribution in [0.2, 0.25) is 0 Å². The molecule has 0 aliphatic carbocycles. The quantitative estimate of drug-likeness (QED) is 0.630. The topological polar surface area (TPSA) is 12.0 Å². The van der Waals surface area contributed by atoms with Gasteiger partial charge in [0, 0.05) is 11.1 Å². The van der Waals surface area contributed by atoms with Crippen LogP contribution in [0.4, 0.5) is 0 Å². The predicted octanol–water partition coefficient (Wildman–Crippen LogP) is 5.01. The van der Waals surface area contributed by atoms with E-state index in [-0.39, 0.29) is 11.1 Å². The van der Waals surface area contributed by atoms with Gasteiger partial charge in [-0.1, -0.05) is 40.5 Å². The van der Waals surface area contributed by atoms with E-state index in [0.717, 1.165) is 11.8 Å². The predicted molar refractivity (Wildman–Crippen MR) is 79.4 cm³/mol. The molecule has 0 radical (unpaired) electrons. The zero-order chi connectivity index (χ0) is 13.7.